The molecule has 17 heavy (non-hydrogen) atoms. The normalized spacial score (nSPS) is 9.94. The number of methoxy groups -OCH3 is 1. The van der Waals surface area contributed by atoms with Gasteiger partial charge in [0.25, 0.3) is 0 Å². The first kappa shape index (κ1) is 13.2. The summed E-state index contributed by atoms with van der Waals surface area (Å²) in [5.41, 5.74) is 6.64. The third kappa shape index (κ3) is 4.65. The minimum Gasteiger partial charge on any atom is -0.469 e. The van der Waals surface area contributed by atoms with Gasteiger partial charge in [-0.3, -0.25) is 9.59 Å². The van der Waals surface area contributed by atoms with E-state index in [1.54, 1.807) is 12.1 Å². The van der Waals surface area contributed by atoms with E-state index in [1.165, 1.54) is 7.11 Å². The van der Waals surface area contributed by atoms with Gasteiger partial charge in [-0.05, 0) is 17.7 Å². The van der Waals surface area contributed by atoms with Crippen molar-refractivity contribution in [1.29, 1.82) is 0 Å². The van der Waals surface area contributed by atoms with Gasteiger partial charge in [-0.25, -0.2) is 0 Å². The van der Waals surface area contributed by atoms with Gasteiger partial charge in [0.2, 0.25) is 5.91 Å². The molecule has 5 heteroatoms. The van der Waals surface area contributed by atoms with Crippen LogP contribution in [0, 0.1) is 0 Å². The fourth-order valence-corrected chi connectivity index (χ4v) is 1.31. The topological polar surface area (TPSA) is 81.4 Å². The summed E-state index contributed by atoms with van der Waals surface area (Å²) in [5, 5.41) is 3.10. The first-order valence-corrected chi connectivity index (χ1v) is 5.29. The predicted octanol–water partition coefficient (Wildman–Crippen LogP) is 0.438. The van der Waals surface area contributed by atoms with Gasteiger partial charge >= 0.3 is 5.97 Å². The van der Waals surface area contributed by atoms with Crippen LogP contribution in [-0.4, -0.2) is 25.5 Å². The Morgan fingerprint density at radius 1 is 1.29 bits per heavy atom. The lowest BCUT2D eigenvalue weighted by Crippen LogP contribution is -2.18. The Labute approximate surface area is 99.9 Å². The summed E-state index contributed by atoms with van der Waals surface area (Å²) in [6.45, 7) is 1.19. The van der Waals surface area contributed by atoms with Gasteiger partial charge in [0.05, 0.1) is 13.5 Å². The van der Waals surface area contributed by atoms with Crippen LogP contribution in [0.3, 0.4) is 0 Å². The van der Waals surface area contributed by atoms with Crippen LogP contribution in [0.4, 0.5) is 0 Å². The minimum absolute atomic E-state index is 0.235. The summed E-state index contributed by atoms with van der Waals surface area (Å²) in [7, 11) is 1.37. The van der Waals surface area contributed by atoms with E-state index in [-0.39, 0.29) is 5.97 Å². The number of hydrogen-bond acceptors (Lipinski definition) is 4. The van der Waals surface area contributed by atoms with E-state index < -0.39 is 5.91 Å². The summed E-state index contributed by atoms with van der Waals surface area (Å²) < 4.78 is 4.51. The number of nitrogens with one attached hydrogen (secondary N) is 1. The highest BCUT2D eigenvalue weighted by Crippen LogP contribution is 2.03. The molecule has 1 aromatic carbocycles. The van der Waals surface area contributed by atoms with Crippen molar-refractivity contribution in [2.75, 3.05) is 13.7 Å². The lowest BCUT2D eigenvalue weighted by atomic mass is 10.1. The van der Waals surface area contributed by atoms with Crippen molar-refractivity contribution in [2.45, 2.75) is 13.0 Å². The highest BCUT2D eigenvalue weighted by molar-refractivity contribution is 5.92. The lowest BCUT2D eigenvalue weighted by molar-refractivity contribution is -0.140. The van der Waals surface area contributed by atoms with E-state index in [2.05, 4.69) is 10.1 Å². The molecule has 92 valence electrons. The smallest absolute Gasteiger partial charge is 0.306 e. The van der Waals surface area contributed by atoms with Crippen molar-refractivity contribution >= 4 is 11.9 Å². The molecule has 5 nitrogen and oxygen atoms in total. The van der Waals surface area contributed by atoms with Gasteiger partial charge in [0, 0.05) is 18.7 Å². The Morgan fingerprint density at radius 2 is 1.94 bits per heavy atom. The summed E-state index contributed by atoms with van der Waals surface area (Å²) in [6.07, 6.45) is 0.343. The van der Waals surface area contributed by atoms with Crippen LogP contribution in [0.15, 0.2) is 24.3 Å². The molecule has 0 saturated carbocycles. The summed E-state index contributed by atoms with van der Waals surface area (Å²) in [6, 6.07) is 7.01. The molecule has 0 spiro atoms. The predicted molar refractivity (Wildman–Crippen MR) is 63.3 cm³/mol. The summed E-state index contributed by atoms with van der Waals surface area (Å²) in [4.78, 5) is 21.7. The average Bonchev–Trinajstić information content (AvgIpc) is 2.34. The standard InChI is InChI=1S/C12H16N2O3/c1-17-11(15)6-7-14-8-9-2-4-10(5-3-9)12(13)16/h2-5,14H,6-8H2,1H3,(H2,13,16). The molecule has 0 aromatic heterocycles. The highest BCUT2D eigenvalue weighted by Gasteiger charge is 2.01. The molecule has 0 fully saturated rings. The fourth-order valence-electron chi connectivity index (χ4n) is 1.31. The number of amides is 1. The maximum absolute atomic E-state index is 10.8. The van der Waals surface area contributed by atoms with Crippen molar-refractivity contribution < 1.29 is 14.3 Å². The van der Waals surface area contributed by atoms with Crippen LogP contribution < -0.4 is 11.1 Å². The Kier molecular flexibility index (Phi) is 5.16. The van der Waals surface area contributed by atoms with E-state index in [0.717, 1.165) is 5.56 Å². The molecular weight excluding hydrogens is 220 g/mol. The van der Waals surface area contributed by atoms with Crippen LogP contribution in [0.25, 0.3) is 0 Å². The SMILES string of the molecule is COC(=O)CCNCc1ccc(C(N)=O)cc1. The zero-order valence-electron chi connectivity index (χ0n) is 9.73. The summed E-state index contributed by atoms with van der Waals surface area (Å²) >= 11 is 0. The van der Waals surface area contributed by atoms with Crippen LogP contribution in [0.2, 0.25) is 0 Å². The second-order valence-corrected chi connectivity index (χ2v) is 3.56. The third-order valence-corrected chi connectivity index (χ3v) is 2.30. The number of primary amides is 1. The molecule has 0 aliphatic heterocycles. The minimum atomic E-state index is -0.435. The van der Waals surface area contributed by atoms with Gasteiger partial charge < -0.3 is 15.8 Å². The zero-order valence-corrected chi connectivity index (χ0v) is 9.73. The van der Waals surface area contributed by atoms with Crippen LogP contribution in [-0.2, 0) is 16.1 Å². The Morgan fingerprint density at radius 3 is 2.47 bits per heavy atom. The van der Waals surface area contributed by atoms with E-state index in [9.17, 15) is 9.59 Å². The van der Waals surface area contributed by atoms with Gasteiger partial charge in [-0.1, -0.05) is 12.1 Å². The Bertz CT molecular complexity index is 387. The van der Waals surface area contributed by atoms with E-state index in [4.69, 9.17) is 5.73 Å². The molecule has 0 radical (unpaired) electrons. The van der Waals surface area contributed by atoms with Crippen molar-refractivity contribution in [3.63, 3.8) is 0 Å². The quantitative estimate of drug-likeness (QED) is 0.554. The Balaban J connectivity index is 2.32. The van der Waals surface area contributed by atoms with Crippen molar-refractivity contribution in [3.8, 4) is 0 Å². The Hall–Kier alpha value is -1.88. The molecule has 1 aromatic rings. The second-order valence-electron chi connectivity index (χ2n) is 3.56. The van der Waals surface area contributed by atoms with Crippen LogP contribution in [0.5, 0.6) is 0 Å². The van der Waals surface area contributed by atoms with E-state index >= 15 is 0 Å². The van der Waals surface area contributed by atoms with E-state index in [0.29, 0.717) is 25.1 Å². The molecule has 0 unspecified atom stereocenters. The van der Waals surface area contributed by atoms with Crippen molar-refractivity contribution in [2.24, 2.45) is 5.73 Å². The lowest BCUT2D eigenvalue weighted by Gasteiger charge is -2.04. The monoisotopic (exact) mass is 236 g/mol. The molecule has 1 amide bonds. The number of benzene rings is 1. The second kappa shape index (κ2) is 6.65. The number of esters is 1. The van der Waals surface area contributed by atoms with Crippen molar-refractivity contribution in [3.05, 3.63) is 35.4 Å². The maximum Gasteiger partial charge on any atom is 0.306 e. The van der Waals surface area contributed by atoms with Gasteiger partial charge in [-0.15, -0.1) is 0 Å². The molecule has 0 heterocycles. The maximum atomic E-state index is 10.8. The molecule has 0 aliphatic carbocycles. The number of hydrogen-bond donors (Lipinski definition) is 2. The molecule has 0 atom stereocenters. The number of ether oxygens (including phenoxy) is 1. The molecule has 1 rings (SSSR count). The first-order valence-electron chi connectivity index (χ1n) is 5.29. The van der Waals surface area contributed by atoms with Crippen LogP contribution in [0.1, 0.15) is 22.3 Å². The number of carbonyl (C=O) groups excluding carboxylic acids is 2. The fraction of sp³-hybridized carbons (Fsp3) is 0.333. The molecule has 0 bridgehead atoms. The van der Waals surface area contributed by atoms with Crippen LogP contribution >= 0.6 is 0 Å². The van der Waals surface area contributed by atoms with Gasteiger partial charge in [0.15, 0.2) is 0 Å². The average molecular weight is 236 g/mol. The third-order valence-electron chi connectivity index (χ3n) is 2.30. The number of rotatable bonds is 6. The number of carbonyl (C=O) groups is 2. The molecular formula is C12H16N2O3. The number of nitrogens with two attached hydrogens (primary N) is 1. The van der Waals surface area contributed by atoms with Gasteiger partial charge in [-0.2, -0.15) is 0 Å². The molecule has 3 N–H and O–H groups in total. The molecule has 0 saturated heterocycles. The molecule has 0 aliphatic rings. The van der Waals surface area contributed by atoms with E-state index in [1.807, 2.05) is 12.1 Å². The largest absolute Gasteiger partial charge is 0.469 e. The van der Waals surface area contributed by atoms with Gasteiger partial charge in [0.1, 0.15) is 0 Å². The summed E-state index contributed by atoms with van der Waals surface area (Å²) in [5.74, 6) is -0.670. The van der Waals surface area contributed by atoms with Crippen molar-refractivity contribution in [1.82, 2.24) is 5.32 Å². The zero-order chi connectivity index (χ0) is 12.7. The highest BCUT2D eigenvalue weighted by atomic mass is 16.5. The first-order chi connectivity index (χ1) is 8.13.